The highest BCUT2D eigenvalue weighted by Crippen LogP contribution is 2.13. The van der Waals surface area contributed by atoms with Crippen LogP contribution in [0.15, 0.2) is 9.98 Å². The highest BCUT2D eigenvalue weighted by Gasteiger charge is 2.36. The lowest BCUT2D eigenvalue weighted by Crippen LogP contribution is -2.61. The van der Waals surface area contributed by atoms with Crippen LogP contribution in [0, 0.1) is 11.8 Å². The number of carbonyl (C=O) groups is 12. The first-order chi connectivity index (χ1) is 36.9. The van der Waals surface area contributed by atoms with Crippen LogP contribution in [-0.2, 0) is 57.5 Å². The molecular formula is C47H86N18O14. The Morgan fingerprint density at radius 2 is 0.924 bits per heavy atom. The van der Waals surface area contributed by atoms with Gasteiger partial charge in [-0.2, -0.15) is 0 Å². The molecule has 0 bridgehead atoms. The van der Waals surface area contributed by atoms with Gasteiger partial charge in [-0.15, -0.1) is 0 Å². The van der Waals surface area contributed by atoms with E-state index in [1.165, 1.54) is 13.8 Å². The maximum Gasteiger partial charge on any atom is 0.322 e. The molecule has 25 N–H and O–H groups in total. The van der Waals surface area contributed by atoms with Crippen molar-refractivity contribution in [3.63, 3.8) is 0 Å². The van der Waals surface area contributed by atoms with Gasteiger partial charge in [-0.3, -0.25) is 67.5 Å². The number of aliphatic carboxylic acids is 2. The minimum atomic E-state index is -1.90. The highest BCUT2D eigenvalue weighted by atomic mass is 16.4. The highest BCUT2D eigenvalue weighted by molar-refractivity contribution is 5.99. The van der Waals surface area contributed by atoms with Gasteiger partial charge in [-0.25, -0.2) is 0 Å². The van der Waals surface area contributed by atoms with Gasteiger partial charge in [0.2, 0.25) is 59.1 Å². The summed E-state index contributed by atoms with van der Waals surface area (Å²) >= 11 is 0. The number of hydrogen-bond acceptors (Lipinski definition) is 16. The van der Waals surface area contributed by atoms with Gasteiger partial charge in [0.05, 0.1) is 12.5 Å². The Balaban J connectivity index is 6.62. The Morgan fingerprint density at radius 1 is 0.481 bits per heavy atom. The fraction of sp³-hybridized carbons (Fsp3) is 0.702. The van der Waals surface area contributed by atoms with Crippen LogP contribution in [0.2, 0.25) is 0 Å². The number of nitrogens with zero attached hydrogens (tertiary/aromatic N) is 2. The van der Waals surface area contributed by atoms with Gasteiger partial charge in [0.1, 0.15) is 54.9 Å². The van der Waals surface area contributed by atoms with Crippen LogP contribution in [0.25, 0.3) is 0 Å². The van der Waals surface area contributed by atoms with Gasteiger partial charge in [0.25, 0.3) is 0 Å². The molecule has 0 saturated heterocycles. The summed E-state index contributed by atoms with van der Waals surface area (Å²) in [5.41, 5.74) is 38.5. The number of hydrogen-bond donors (Lipinski definition) is 18. The molecule has 0 radical (unpaired) electrons. The SMILES string of the molecule is CC[C@H](C)[C@H](NC(=O)[C@H](CCC(N)=O)NC(=O)[C@H](C)NC(=O)[C@H](CC(C)C)NC(=O)[C@@H](N)CCCCN)C(=O)N[C@@H](CCCN=C(N)N)C(=O)N[C@@H](CC(=O)O)C(=O)N[C@@H](C)C(=O)N[C@@H](CCCN=C(N)N)C(=O)NCC(=O)O. The van der Waals surface area contributed by atoms with Gasteiger partial charge in [-0.1, -0.05) is 40.5 Å². The lowest BCUT2D eigenvalue weighted by Gasteiger charge is -2.29. The van der Waals surface area contributed by atoms with Crippen molar-refractivity contribution in [2.75, 3.05) is 26.2 Å². The predicted molar refractivity (Wildman–Crippen MR) is 288 cm³/mol. The Morgan fingerprint density at radius 3 is 1.38 bits per heavy atom. The summed E-state index contributed by atoms with van der Waals surface area (Å²) in [6.45, 7) is 8.96. The van der Waals surface area contributed by atoms with E-state index in [1.54, 1.807) is 13.8 Å². The zero-order chi connectivity index (χ0) is 60.5. The van der Waals surface area contributed by atoms with E-state index in [4.69, 9.17) is 45.2 Å². The molecule has 32 heteroatoms. The quantitative estimate of drug-likeness (QED) is 0.0154. The van der Waals surface area contributed by atoms with Crippen LogP contribution in [0.1, 0.15) is 119 Å². The molecule has 10 atom stereocenters. The van der Waals surface area contributed by atoms with Crippen LogP contribution in [-0.4, -0.2) is 174 Å². The summed E-state index contributed by atoms with van der Waals surface area (Å²) in [6.07, 6.45) is -0.0463. The number of guanidine groups is 2. The van der Waals surface area contributed by atoms with Crippen LogP contribution in [0.3, 0.4) is 0 Å². The summed E-state index contributed by atoms with van der Waals surface area (Å²) in [7, 11) is 0. The second-order valence-electron chi connectivity index (χ2n) is 19.3. The molecule has 0 aromatic heterocycles. The second-order valence-corrected chi connectivity index (χ2v) is 19.3. The molecule has 0 spiro atoms. The molecule has 0 aromatic rings. The number of unbranched alkanes of at least 4 members (excludes halogenated alkanes) is 1. The second kappa shape index (κ2) is 37.8. The van der Waals surface area contributed by atoms with Gasteiger partial charge < -0.3 is 98.2 Å². The molecule has 0 unspecified atom stereocenters. The van der Waals surface area contributed by atoms with Crippen molar-refractivity contribution in [2.45, 2.75) is 173 Å². The fourth-order valence-electron chi connectivity index (χ4n) is 7.23. The third kappa shape index (κ3) is 30.6. The third-order valence-electron chi connectivity index (χ3n) is 11.8. The minimum absolute atomic E-state index is 0.0140. The van der Waals surface area contributed by atoms with Crippen LogP contribution in [0.4, 0.5) is 0 Å². The summed E-state index contributed by atoms with van der Waals surface area (Å²) in [6, 6.07) is -12.7. The maximum absolute atomic E-state index is 14.2. The zero-order valence-corrected chi connectivity index (χ0v) is 45.9. The molecule has 0 saturated carbocycles. The van der Waals surface area contributed by atoms with Gasteiger partial charge in [-0.05, 0) is 83.6 Å². The molecule has 0 fully saturated rings. The number of primary amides is 1. The van der Waals surface area contributed by atoms with Gasteiger partial charge >= 0.3 is 11.9 Å². The topological polar surface area (TPSA) is 560 Å². The lowest BCUT2D eigenvalue weighted by atomic mass is 9.96. The monoisotopic (exact) mass is 1130 g/mol. The fourth-order valence-corrected chi connectivity index (χ4v) is 7.23. The van der Waals surface area contributed by atoms with Crippen LogP contribution < -0.4 is 88.0 Å². The van der Waals surface area contributed by atoms with Gasteiger partial charge in [0.15, 0.2) is 11.9 Å². The minimum Gasteiger partial charge on any atom is -0.481 e. The Labute approximate surface area is 458 Å². The standard InChI is InChI=1S/C47H86N18O14/c1-7-24(4)36(65-42(76)30(15-16-33(50)66)61-38(72)26(6)58-43(77)31(20-23(2)3)63-39(73)27(49)12-8-9-17-48)45(79)62-29(14-11-19-56-47(53)54)41(75)64-32(21-34(67)68)44(78)59-25(5)37(71)60-28(13-10-18-55-46(51)52)40(74)57-22-35(69)70/h23-32,36H,7-22,48-49H2,1-6H3,(H2,50,66)(H,57,74)(H,58,77)(H,59,78)(H,60,71)(H,61,72)(H,62,79)(H,63,73)(H,64,75)(H,65,76)(H,67,68)(H,69,70)(H4,51,52,55)(H4,53,54,56)/t24-,25-,26-,27-,28-,29-,30-,31-,32-,36-/m0/s1. The molecule has 448 valence electrons. The number of aliphatic imine (C=N–C) groups is 2. The maximum atomic E-state index is 14.2. The molecule has 0 aromatic carbocycles. The molecule has 79 heavy (non-hydrogen) atoms. The van der Waals surface area contributed by atoms with Crippen LogP contribution >= 0.6 is 0 Å². The van der Waals surface area contributed by atoms with Crippen molar-refractivity contribution in [1.82, 2.24) is 47.9 Å². The van der Waals surface area contributed by atoms with Crippen molar-refractivity contribution in [3.8, 4) is 0 Å². The number of amides is 10. The van der Waals surface area contributed by atoms with Crippen LogP contribution in [0.5, 0.6) is 0 Å². The predicted octanol–water partition coefficient (Wildman–Crippen LogP) is -6.50. The number of carbonyl (C=O) groups excluding carboxylic acids is 10. The van der Waals surface area contributed by atoms with Gasteiger partial charge in [0, 0.05) is 19.5 Å². The van der Waals surface area contributed by atoms with Crippen molar-refractivity contribution < 1.29 is 67.7 Å². The molecule has 10 amide bonds. The number of carboxylic acids is 2. The molecular weight excluding hydrogens is 1040 g/mol. The molecule has 32 nitrogen and oxygen atoms in total. The van der Waals surface area contributed by atoms with E-state index < -0.39 is 151 Å². The number of nitrogens with one attached hydrogen (secondary N) is 9. The van der Waals surface area contributed by atoms with Crippen molar-refractivity contribution in [2.24, 2.45) is 62.0 Å². The average molecular weight is 1130 g/mol. The first-order valence-corrected chi connectivity index (χ1v) is 25.9. The lowest BCUT2D eigenvalue weighted by molar-refractivity contribution is -0.141. The van der Waals surface area contributed by atoms with E-state index in [2.05, 4.69) is 57.8 Å². The summed E-state index contributed by atoms with van der Waals surface area (Å²) in [5.74, 6) is -13.4. The van der Waals surface area contributed by atoms with Crippen molar-refractivity contribution >= 4 is 82.9 Å². The average Bonchev–Trinajstić information content (AvgIpc) is 3.36. The summed E-state index contributed by atoms with van der Waals surface area (Å²) in [4.78, 5) is 165. The van der Waals surface area contributed by atoms with E-state index in [0.717, 1.165) is 0 Å². The first kappa shape index (κ1) is 71.1. The van der Waals surface area contributed by atoms with E-state index in [-0.39, 0.29) is 75.9 Å². The number of carboxylic acid groups (broad SMARTS) is 2. The molecule has 0 aliphatic heterocycles. The Bertz CT molecular complexity index is 2140. The third-order valence-corrected chi connectivity index (χ3v) is 11.8. The zero-order valence-electron chi connectivity index (χ0n) is 45.9. The largest absolute Gasteiger partial charge is 0.481 e. The normalized spacial score (nSPS) is 14.7. The molecule has 0 aliphatic rings. The molecule has 0 heterocycles. The number of nitrogens with two attached hydrogens (primary N) is 7. The van der Waals surface area contributed by atoms with Crippen molar-refractivity contribution in [3.05, 3.63) is 0 Å². The van der Waals surface area contributed by atoms with E-state index in [9.17, 15) is 62.6 Å². The first-order valence-electron chi connectivity index (χ1n) is 25.9. The summed E-state index contributed by atoms with van der Waals surface area (Å²) in [5, 5.41) is 40.5. The Hall–Kier alpha value is -7.90. The molecule has 0 rings (SSSR count). The van der Waals surface area contributed by atoms with E-state index in [0.29, 0.717) is 25.8 Å². The molecule has 0 aliphatic carbocycles. The van der Waals surface area contributed by atoms with E-state index in [1.807, 2.05) is 13.8 Å². The Kier molecular flexibility index (Phi) is 34.0. The van der Waals surface area contributed by atoms with E-state index >= 15 is 0 Å². The smallest absolute Gasteiger partial charge is 0.322 e. The number of rotatable bonds is 40. The summed E-state index contributed by atoms with van der Waals surface area (Å²) < 4.78 is 0. The van der Waals surface area contributed by atoms with Crippen molar-refractivity contribution in [1.29, 1.82) is 0 Å².